The molecule has 9 nitrogen and oxygen atoms in total. The Bertz CT molecular complexity index is 1240. The summed E-state index contributed by atoms with van der Waals surface area (Å²) in [4.78, 5) is 32.2. The van der Waals surface area contributed by atoms with E-state index in [0.29, 0.717) is 35.8 Å². The fourth-order valence-electron chi connectivity index (χ4n) is 3.94. The molecule has 29 heavy (non-hydrogen) atoms. The molecule has 3 heterocycles. The number of nitrogens with two attached hydrogens (primary N) is 1. The number of nitriles is 1. The van der Waals surface area contributed by atoms with Crippen LogP contribution < -0.4 is 21.9 Å². The molecule has 1 aromatic carbocycles. The molecule has 0 amide bonds. The Morgan fingerprint density at radius 1 is 1.28 bits per heavy atom. The summed E-state index contributed by atoms with van der Waals surface area (Å²) in [5, 5.41) is 9.21. The molecule has 2 N–H and O–H groups in total. The molecule has 1 fully saturated rings. The van der Waals surface area contributed by atoms with Gasteiger partial charge in [-0.1, -0.05) is 12.1 Å². The van der Waals surface area contributed by atoms with Crippen molar-refractivity contribution in [2.45, 2.75) is 25.4 Å². The van der Waals surface area contributed by atoms with Crippen LogP contribution in [0, 0.1) is 11.3 Å². The third kappa shape index (κ3) is 3.21. The summed E-state index contributed by atoms with van der Waals surface area (Å²) in [5.74, 6) is 0.621. The van der Waals surface area contributed by atoms with Crippen LogP contribution in [0.25, 0.3) is 11.2 Å². The largest absolute Gasteiger partial charge is 0.341 e. The second-order valence-corrected chi connectivity index (χ2v) is 7.54. The normalized spacial score (nSPS) is 16.9. The molecule has 0 spiro atoms. The van der Waals surface area contributed by atoms with Crippen LogP contribution in [0.5, 0.6) is 0 Å². The van der Waals surface area contributed by atoms with Crippen molar-refractivity contribution < 1.29 is 0 Å². The van der Waals surface area contributed by atoms with Gasteiger partial charge in [-0.25, -0.2) is 4.79 Å². The second kappa shape index (κ2) is 7.22. The number of rotatable bonds is 3. The van der Waals surface area contributed by atoms with Crippen LogP contribution in [0.15, 0.2) is 33.9 Å². The van der Waals surface area contributed by atoms with Crippen molar-refractivity contribution in [2.75, 3.05) is 18.0 Å². The van der Waals surface area contributed by atoms with Crippen molar-refractivity contribution in [3.05, 3.63) is 56.2 Å². The maximum atomic E-state index is 13.0. The van der Waals surface area contributed by atoms with Crippen LogP contribution in [-0.4, -0.2) is 37.8 Å². The number of piperidine rings is 1. The molecule has 2 aromatic heterocycles. The molecule has 0 radical (unpaired) electrons. The molecule has 0 saturated carbocycles. The Morgan fingerprint density at radius 3 is 2.79 bits per heavy atom. The molecule has 9 heteroatoms. The summed E-state index contributed by atoms with van der Waals surface area (Å²) < 4.78 is 4.33. The molecule has 1 aliphatic rings. The van der Waals surface area contributed by atoms with Gasteiger partial charge >= 0.3 is 5.69 Å². The monoisotopic (exact) mass is 393 g/mol. The molecule has 150 valence electrons. The summed E-state index contributed by atoms with van der Waals surface area (Å²) in [5.41, 5.74) is 7.51. The van der Waals surface area contributed by atoms with Crippen LogP contribution in [0.4, 0.5) is 5.95 Å². The Kier molecular flexibility index (Phi) is 4.72. The van der Waals surface area contributed by atoms with Crippen molar-refractivity contribution in [1.82, 2.24) is 18.7 Å². The van der Waals surface area contributed by atoms with Crippen LogP contribution in [-0.2, 0) is 20.6 Å². The van der Waals surface area contributed by atoms with Gasteiger partial charge in [0.15, 0.2) is 11.2 Å². The van der Waals surface area contributed by atoms with Gasteiger partial charge in [0.05, 0.1) is 18.2 Å². The smallest absolute Gasteiger partial charge is 0.332 e. The number of hydrogen-bond donors (Lipinski definition) is 1. The molecule has 1 atom stereocenters. The average molecular weight is 393 g/mol. The lowest BCUT2D eigenvalue weighted by molar-refractivity contribution is 0.495. The number of nitrogens with zero attached hydrogens (tertiary/aromatic N) is 6. The van der Waals surface area contributed by atoms with E-state index in [9.17, 15) is 14.9 Å². The van der Waals surface area contributed by atoms with Crippen LogP contribution in [0.2, 0.25) is 0 Å². The Morgan fingerprint density at radius 2 is 2.07 bits per heavy atom. The lowest BCUT2D eigenvalue weighted by Gasteiger charge is -2.31. The first-order valence-electron chi connectivity index (χ1n) is 9.56. The first kappa shape index (κ1) is 19.0. The molecule has 0 aliphatic carbocycles. The van der Waals surface area contributed by atoms with E-state index in [2.05, 4.69) is 16.0 Å². The summed E-state index contributed by atoms with van der Waals surface area (Å²) >= 11 is 0. The van der Waals surface area contributed by atoms with E-state index in [0.717, 1.165) is 29.5 Å². The van der Waals surface area contributed by atoms with E-state index in [1.54, 1.807) is 19.2 Å². The van der Waals surface area contributed by atoms with Gasteiger partial charge in [0.1, 0.15) is 0 Å². The highest BCUT2D eigenvalue weighted by Gasteiger charge is 2.26. The number of benzene rings is 1. The van der Waals surface area contributed by atoms with Crippen molar-refractivity contribution in [1.29, 1.82) is 5.26 Å². The minimum atomic E-state index is -0.416. The third-order valence-electron chi connectivity index (χ3n) is 5.47. The van der Waals surface area contributed by atoms with Crippen molar-refractivity contribution in [3.63, 3.8) is 0 Å². The van der Waals surface area contributed by atoms with Crippen molar-refractivity contribution >= 4 is 17.1 Å². The highest BCUT2D eigenvalue weighted by atomic mass is 16.2. The van der Waals surface area contributed by atoms with Crippen LogP contribution in [0.1, 0.15) is 24.0 Å². The molecule has 1 unspecified atom stereocenters. The van der Waals surface area contributed by atoms with Crippen molar-refractivity contribution in [2.24, 2.45) is 19.8 Å². The Labute approximate surface area is 167 Å². The summed E-state index contributed by atoms with van der Waals surface area (Å²) in [6.45, 7) is 1.78. The zero-order chi connectivity index (χ0) is 20.7. The van der Waals surface area contributed by atoms with E-state index in [1.165, 1.54) is 11.6 Å². The molecule has 1 saturated heterocycles. The number of anilines is 1. The van der Waals surface area contributed by atoms with Gasteiger partial charge in [0.2, 0.25) is 5.95 Å². The number of imidazole rings is 1. The lowest BCUT2D eigenvalue weighted by atomic mass is 10.1. The predicted molar refractivity (Wildman–Crippen MR) is 110 cm³/mol. The average Bonchev–Trinajstić information content (AvgIpc) is 3.10. The SMILES string of the molecule is Cn1c(=O)c2c(nc(N3CCCC(N)C3)n2Cc2cccc(C#N)c2)n(C)c1=O. The summed E-state index contributed by atoms with van der Waals surface area (Å²) in [6, 6.07) is 9.43. The topological polar surface area (TPSA) is 115 Å². The number of fused-ring (bicyclic) bond motifs is 1. The number of hydrogen-bond acceptors (Lipinski definition) is 6. The molecular formula is C20H23N7O2. The quantitative estimate of drug-likeness (QED) is 0.684. The Hall–Kier alpha value is -3.38. The number of aryl methyl sites for hydroxylation is 1. The fourth-order valence-corrected chi connectivity index (χ4v) is 3.94. The van der Waals surface area contributed by atoms with E-state index in [4.69, 9.17) is 5.73 Å². The van der Waals surface area contributed by atoms with Crippen LogP contribution in [0.3, 0.4) is 0 Å². The first-order chi connectivity index (χ1) is 13.9. The Balaban J connectivity index is 1.96. The van der Waals surface area contributed by atoms with Gasteiger partial charge in [0, 0.05) is 33.2 Å². The fraction of sp³-hybridized carbons (Fsp3) is 0.400. The minimum Gasteiger partial charge on any atom is -0.341 e. The molecule has 1 aliphatic heterocycles. The standard InChI is InChI=1S/C20H23N7O2/c1-24-17-16(18(28)25(2)20(24)29)27(11-14-6-3-5-13(9-14)10-21)19(23-17)26-8-4-7-15(22)12-26/h3,5-6,9,15H,4,7-8,11-12,22H2,1-2H3. The van der Waals surface area contributed by atoms with E-state index in [-0.39, 0.29) is 11.6 Å². The molecule has 3 aromatic rings. The predicted octanol–water partition coefficient (Wildman–Crippen LogP) is 0.281. The summed E-state index contributed by atoms with van der Waals surface area (Å²) in [7, 11) is 3.08. The minimum absolute atomic E-state index is 0.0329. The number of aromatic nitrogens is 4. The molecule has 4 rings (SSSR count). The highest BCUT2D eigenvalue weighted by molar-refractivity contribution is 5.75. The van der Waals surface area contributed by atoms with E-state index < -0.39 is 5.69 Å². The lowest BCUT2D eigenvalue weighted by Crippen LogP contribution is -2.44. The maximum absolute atomic E-state index is 13.0. The molecular weight excluding hydrogens is 370 g/mol. The zero-order valence-corrected chi connectivity index (χ0v) is 16.5. The van der Waals surface area contributed by atoms with E-state index in [1.807, 2.05) is 16.7 Å². The van der Waals surface area contributed by atoms with Gasteiger partial charge in [-0.15, -0.1) is 0 Å². The van der Waals surface area contributed by atoms with Crippen molar-refractivity contribution in [3.8, 4) is 6.07 Å². The first-order valence-corrected chi connectivity index (χ1v) is 9.56. The third-order valence-corrected chi connectivity index (χ3v) is 5.47. The van der Waals surface area contributed by atoms with Gasteiger partial charge in [-0.2, -0.15) is 10.2 Å². The van der Waals surface area contributed by atoms with E-state index >= 15 is 0 Å². The van der Waals surface area contributed by atoms with Gasteiger partial charge in [-0.3, -0.25) is 18.5 Å². The second-order valence-electron chi connectivity index (χ2n) is 7.54. The van der Waals surface area contributed by atoms with Gasteiger partial charge in [0.25, 0.3) is 5.56 Å². The summed E-state index contributed by atoms with van der Waals surface area (Å²) in [6.07, 6.45) is 1.88. The maximum Gasteiger partial charge on any atom is 0.332 e. The van der Waals surface area contributed by atoms with Gasteiger partial charge < -0.3 is 10.6 Å². The highest BCUT2D eigenvalue weighted by Crippen LogP contribution is 2.24. The molecule has 0 bridgehead atoms. The zero-order valence-electron chi connectivity index (χ0n) is 16.5. The van der Waals surface area contributed by atoms with Crippen LogP contribution >= 0.6 is 0 Å². The van der Waals surface area contributed by atoms with Gasteiger partial charge in [-0.05, 0) is 30.5 Å².